The summed E-state index contributed by atoms with van der Waals surface area (Å²) in [6.45, 7) is 3.14. The van der Waals surface area contributed by atoms with Crippen molar-refractivity contribution in [1.29, 1.82) is 0 Å². The molecule has 0 aromatic heterocycles. The minimum atomic E-state index is -0.0920. The first-order valence-electron chi connectivity index (χ1n) is 8.09. The van der Waals surface area contributed by atoms with E-state index in [4.69, 9.17) is 0 Å². The van der Waals surface area contributed by atoms with Crippen molar-refractivity contribution < 1.29 is 4.39 Å². The molecule has 0 saturated heterocycles. The minimum absolute atomic E-state index is 0.0920. The summed E-state index contributed by atoms with van der Waals surface area (Å²) in [6, 6.07) is 7.27. The van der Waals surface area contributed by atoms with Crippen molar-refractivity contribution in [3.8, 4) is 0 Å². The molecule has 0 spiro atoms. The highest BCUT2D eigenvalue weighted by Crippen LogP contribution is 2.38. The number of alkyl halides is 1. The Balaban J connectivity index is 2.08. The molecule has 1 nitrogen and oxygen atoms in total. The summed E-state index contributed by atoms with van der Waals surface area (Å²) in [6.07, 6.45) is 7.95. The minimum Gasteiger partial charge on any atom is -0.299 e. The SMILES string of the molecule is CC(c1ccccc1F)N(C)CC1(CBr)CCCCCC1. The highest BCUT2D eigenvalue weighted by molar-refractivity contribution is 9.09. The Labute approximate surface area is 137 Å². The number of rotatable bonds is 5. The number of halogens is 2. The molecule has 2 rings (SSSR count). The van der Waals surface area contributed by atoms with Gasteiger partial charge in [0.1, 0.15) is 5.82 Å². The van der Waals surface area contributed by atoms with Crippen LogP contribution in [0, 0.1) is 11.2 Å². The van der Waals surface area contributed by atoms with Crippen molar-refractivity contribution in [1.82, 2.24) is 4.90 Å². The zero-order chi connectivity index (χ0) is 15.3. The van der Waals surface area contributed by atoms with Crippen LogP contribution in [0.2, 0.25) is 0 Å². The second-order valence-electron chi connectivity index (χ2n) is 6.66. The van der Waals surface area contributed by atoms with Crippen molar-refractivity contribution in [2.75, 3.05) is 18.9 Å². The summed E-state index contributed by atoms with van der Waals surface area (Å²) < 4.78 is 14.0. The third kappa shape index (κ3) is 4.29. The molecule has 0 N–H and O–H groups in total. The van der Waals surface area contributed by atoms with Crippen molar-refractivity contribution in [3.05, 3.63) is 35.6 Å². The Bertz CT molecular complexity index is 441. The number of benzene rings is 1. The average Bonchev–Trinajstić information content (AvgIpc) is 2.73. The van der Waals surface area contributed by atoms with Crippen LogP contribution < -0.4 is 0 Å². The summed E-state index contributed by atoms with van der Waals surface area (Å²) in [4.78, 5) is 2.32. The predicted molar refractivity (Wildman–Crippen MR) is 91.4 cm³/mol. The lowest BCUT2D eigenvalue weighted by Crippen LogP contribution is -2.38. The number of nitrogens with zero attached hydrogens (tertiary/aromatic N) is 1. The van der Waals surface area contributed by atoms with Crippen LogP contribution in [0.1, 0.15) is 57.1 Å². The second kappa shape index (κ2) is 7.73. The van der Waals surface area contributed by atoms with Gasteiger partial charge in [-0.3, -0.25) is 4.90 Å². The third-order valence-electron chi connectivity index (χ3n) is 5.05. The van der Waals surface area contributed by atoms with E-state index in [-0.39, 0.29) is 11.9 Å². The van der Waals surface area contributed by atoms with Gasteiger partial charge in [0.25, 0.3) is 0 Å². The Morgan fingerprint density at radius 3 is 2.38 bits per heavy atom. The van der Waals surface area contributed by atoms with E-state index in [0.29, 0.717) is 5.41 Å². The maximum atomic E-state index is 14.0. The van der Waals surface area contributed by atoms with Gasteiger partial charge in [0.2, 0.25) is 0 Å². The van der Waals surface area contributed by atoms with E-state index in [2.05, 4.69) is 34.8 Å². The molecule has 1 unspecified atom stereocenters. The van der Waals surface area contributed by atoms with Gasteiger partial charge in [0.15, 0.2) is 0 Å². The van der Waals surface area contributed by atoms with Crippen LogP contribution in [0.4, 0.5) is 4.39 Å². The summed E-state index contributed by atoms with van der Waals surface area (Å²) in [5, 5.41) is 1.05. The molecular formula is C18H27BrFN. The lowest BCUT2D eigenvalue weighted by Gasteiger charge is -2.38. The van der Waals surface area contributed by atoms with E-state index >= 15 is 0 Å². The molecule has 1 aromatic rings. The van der Waals surface area contributed by atoms with E-state index in [9.17, 15) is 4.39 Å². The van der Waals surface area contributed by atoms with E-state index in [1.807, 2.05) is 12.1 Å². The molecule has 0 aliphatic heterocycles. The fraction of sp³-hybridized carbons (Fsp3) is 0.667. The second-order valence-corrected chi connectivity index (χ2v) is 7.22. The van der Waals surface area contributed by atoms with Crippen molar-refractivity contribution in [2.45, 2.75) is 51.5 Å². The Kier molecular flexibility index (Phi) is 6.24. The molecule has 1 aromatic carbocycles. The number of hydrogen-bond acceptors (Lipinski definition) is 1. The van der Waals surface area contributed by atoms with E-state index in [0.717, 1.165) is 17.4 Å². The lowest BCUT2D eigenvalue weighted by molar-refractivity contribution is 0.142. The van der Waals surface area contributed by atoms with Gasteiger partial charge in [-0.25, -0.2) is 4.39 Å². The fourth-order valence-electron chi connectivity index (χ4n) is 3.53. The molecule has 21 heavy (non-hydrogen) atoms. The standard InChI is InChI=1S/C18H27BrFN/c1-15(16-9-5-6-10-17(16)20)21(2)14-18(13-19)11-7-3-4-8-12-18/h5-6,9-10,15H,3-4,7-8,11-14H2,1-2H3. The van der Waals surface area contributed by atoms with E-state index in [1.165, 1.54) is 38.5 Å². The summed E-state index contributed by atoms with van der Waals surface area (Å²) in [7, 11) is 2.13. The molecule has 1 saturated carbocycles. The van der Waals surface area contributed by atoms with Crippen LogP contribution in [0.5, 0.6) is 0 Å². The van der Waals surface area contributed by atoms with Crippen LogP contribution in [0.3, 0.4) is 0 Å². The fourth-order valence-corrected chi connectivity index (χ4v) is 4.27. The first-order chi connectivity index (χ1) is 10.1. The topological polar surface area (TPSA) is 3.24 Å². The molecule has 1 aliphatic carbocycles. The van der Waals surface area contributed by atoms with Gasteiger partial charge in [0, 0.05) is 23.5 Å². The molecule has 1 fully saturated rings. The Morgan fingerprint density at radius 1 is 1.19 bits per heavy atom. The predicted octanol–water partition coefficient (Wildman–Crippen LogP) is 5.55. The van der Waals surface area contributed by atoms with Gasteiger partial charge in [-0.2, -0.15) is 0 Å². The van der Waals surface area contributed by atoms with E-state index < -0.39 is 0 Å². The summed E-state index contributed by atoms with van der Waals surface area (Å²) in [5.41, 5.74) is 1.16. The first-order valence-corrected chi connectivity index (χ1v) is 9.21. The van der Waals surface area contributed by atoms with Gasteiger partial charge >= 0.3 is 0 Å². The highest BCUT2D eigenvalue weighted by atomic mass is 79.9. The average molecular weight is 356 g/mol. The molecule has 0 amide bonds. The van der Waals surface area contributed by atoms with Crippen LogP contribution in [0.25, 0.3) is 0 Å². The Morgan fingerprint density at radius 2 is 1.81 bits per heavy atom. The molecule has 0 bridgehead atoms. The van der Waals surface area contributed by atoms with Gasteiger partial charge in [-0.1, -0.05) is 59.8 Å². The lowest BCUT2D eigenvalue weighted by atomic mass is 9.81. The van der Waals surface area contributed by atoms with Gasteiger partial charge in [-0.05, 0) is 38.3 Å². The smallest absolute Gasteiger partial charge is 0.127 e. The highest BCUT2D eigenvalue weighted by Gasteiger charge is 2.32. The molecule has 0 heterocycles. The van der Waals surface area contributed by atoms with Crippen LogP contribution >= 0.6 is 15.9 Å². The number of hydrogen-bond donors (Lipinski definition) is 0. The largest absolute Gasteiger partial charge is 0.299 e. The molecule has 3 heteroatoms. The third-order valence-corrected chi connectivity index (χ3v) is 6.24. The maximum absolute atomic E-state index is 14.0. The van der Waals surface area contributed by atoms with Gasteiger partial charge in [0.05, 0.1) is 0 Å². The monoisotopic (exact) mass is 355 g/mol. The molecule has 0 radical (unpaired) electrons. The van der Waals surface area contributed by atoms with Crippen molar-refractivity contribution in [2.24, 2.45) is 5.41 Å². The quantitative estimate of drug-likeness (QED) is 0.494. The molecule has 118 valence electrons. The Hall–Kier alpha value is -0.410. The van der Waals surface area contributed by atoms with Crippen LogP contribution in [-0.2, 0) is 0 Å². The zero-order valence-corrected chi connectivity index (χ0v) is 14.8. The normalized spacial score (nSPS) is 20.2. The van der Waals surface area contributed by atoms with E-state index in [1.54, 1.807) is 12.1 Å². The first kappa shape index (κ1) is 17.0. The van der Waals surface area contributed by atoms with Crippen LogP contribution in [0.15, 0.2) is 24.3 Å². The maximum Gasteiger partial charge on any atom is 0.127 e. The molecular weight excluding hydrogens is 329 g/mol. The van der Waals surface area contributed by atoms with Crippen molar-refractivity contribution in [3.63, 3.8) is 0 Å². The van der Waals surface area contributed by atoms with Crippen LogP contribution in [-0.4, -0.2) is 23.8 Å². The molecule has 1 atom stereocenters. The van der Waals surface area contributed by atoms with Gasteiger partial charge < -0.3 is 0 Å². The van der Waals surface area contributed by atoms with Crippen molar-refractivity contribution >= 4 is 15.9 Å². The summed E-state index contributed by atoms with van der Waals surface area (Å²) >= 11 is 3.75. The summed E-state index contributed by atoms with van der Waals surface area (Å²) in [5.74, 6) is -0.0920. The molecule has 1 aliphatic rings. The van der Waals surface area contributed by atoms with Gasteiger partial charge in [-0.15, -0.1) is 0 Å². The zero-order valence-electron chi connectivity index (χ0n) is 13.2.